The van der Waals surface area contributed by atoms with Crippen LogP contribution >= 0.6 is 0 Å². The van der Waals surface area contributed by atoms with Crippen molar-refractivity contribution in [2.45, 2.75) is 46.6 Å². The van der Waals surface area contributed by atoms with Crippen molar-refractivity contribution in [1.82, 2.24) is 10.2 Å². The highest BCUT2D eigenvalue weighted by Gasteiger charge is 2.46. The molecule has 2 unspecified atom stereocenters. The van der Waals surface area contributed by atoms with Gasteiger partial charge in [0.25, 0.3) is 0 Å². The molecule has 1 aromatic carbocycles. The maximum Gasteiger partial charge on any atom is 0.223 e. The number of nitrogens with one attached hydrogen (secondary N) is 1. The Hall–Kier alpha value is -3.02. The lowest BCUT2D eigenvalue weighted by Gasteiger charge is -2.35. The first-order valence-corrected chi connectivity index (χ1v) is 10.4. The van der Waals surface area contributed by atoms with Crippen LogP contribution in [0.25, 0.3) is 11.3 Å². The lowest BCUT2D eigenvalue weighted by Crippen LogP contribution is -2.40. The van der Waals surface area contributed by atoms with Gasteiger partial charge in [-0.1, -0.05) is 12.1 Å². The number of amides is 1. The van der Waals surface area contributed by atoms with Gasteiger partial charge >= 0.3 is 0 Å². The third kappa shape index (κ3) is 3.51. The molecule has 30 heavy (non-hydrogen) atoms. The number of hydrogen-bond donors (Lipinski definition) is 2. The second kappa shape index (κ2) is 7.35. The summed E-state index contributed by atoms with van der Waals surface area (Å²) in [6, 6.07) is 9.88. The topological polar surface area (TPSA) is 84.2 Å². The number of fused-ring (bicyclic) bond motifs is 1. The Morgan fingerprint density at radius 3 is 2.53 bits per heavy atom. The Bertz CT molecular complexity index is 1020. The lowest BCUT2D eigenvalue weighted by molar-refractivity contribution is -0.116. The van der Waals surface area contributed by atoms with E-state index in [0.29, 0.717) is 6.54 Å². The van der Waals surface area contributed by atoms with Gasteiger partial charge in [0.15, 0.2) is 0 Å². The number of carbonyl (C=O) groups excluding carboxylic acids is 1. The normalized spacial score (nSPS) is 22.7. The minimum atomic E-state index is -0.225. The number of ether oxygens (including phenoxy) is 1. The third-order valence-corrected chi connectivity index (χ3v) is 6.43. The molecule has 1 fully saturated rings. The number of H-pyrrole nitrogens is 1. The number of rotatable bonds is 4. The molecule has 3 N–H and O–H groups in total. The van der Waals surface area contributed by atoms with Crippen molar-refractivity contribution in [3.05, 3.63) is 59.1 Å². The summed E-state index contributed by atoms with van der Waals surface area (Å²) in [6.07, 6.45) is 2.62. The molecule has 1 aliphatic heterocycles. The molecule has 1 saturated heterocycles. The fourth-order valence-electron chi connectivity index (χ4n) is 4.69. The molecule has 158 valence electrons. The molecule has 1 aliphatic carbocycles. The van der Waals surface area contributed by atoms with Crippen molar-refractivity contribution in [2.75, 3.05) is 11.4 Å². The summed E-state index contributed by atoms with van der Waals surface area (Å²) in [7, 11) is 0. The minimum Gasteiger partial charge on any atom is -0.492 e. The summed E-state index contributed by atoms with van der Waals surface area (Å²) in [5, 5.41) is 6.97. The second-order valence-electron chi connectivity index (χ2n) is 9.00. The first-order valence-electron chi connectivity index (χ1n) is 10.4. The maximum absolute atomic E-state index is 12.6. The summed E-state index contributed by atoms with van der Waals surface area (Å²) >= 11 is 0. The molecule has 0 bridgehead atoms. The largest absolute Gasteiger partial charge is 0.492 e. The Morgan fingerprint density at radius 2 is 1.93 bits per heavy atom. The number of nitrogens with two attached hydrogens (primary N) is 1. The summed E-state index contributed by atoms with van der Waals surface area (Å²) in [4.78, 5) is 14.4. The predicted octanol–water partition coefficient (Wildman–Crippen LogP) is 4.38. The number of anilines is 1. The van der Waals surface area contributed by atoms with Crippen LogP contribution in [0.2, 0.25) is 0 Å². The second-order valence-corrected chi connectivity index (χ2v) is 9.00. The van der Waals surface area contributed by atoms with Crippen molar-refractivity contribution < 1.29 is 9.53 Å². The van der Waals surface area contributed by atoms with Crippen LogP contribution in [0.1, 0.15) is 41.0 Å². The fourth-order valence-corrected chi connectivity index (χ4v) is 4.69. The molecule has 6 nitrogen and oxygen atoms in total. The summed E-state index contributed by atoms with van der Waals surface area (Å²) in [5.41, 5.74) is 12.3. The van der Waals surface area contributed by atoms with Crippen LogP contribution in [0.4, 0.5) is 5.69 Å². The molecule has 0 radical (unpaired) electrons. The van der Waals surface area contributed by atoms with E-state index in [9.17, 15) is 4.79 Å². The van der Waals surface area contributed by atoms with Gasteiger partial charge in [0.2, 0.25) is 5.91 Å². The van der Waals surface area contributed by atoms with E-state index in [4.69, 9.17) is 10.5 Å². The SMILES string of the molecule is CC(=O)N(CC1C(N)=C(C)C(C)=C2OC(C)(C)CC21)c1ccc(-c2ccn[nH]2)cc1. The molecule has 2 heterocycles. The van der Waals surface area contributed by atoms with Crippen LogP contribution in [0, 0.1) is 11.8 Å². The highest BCUT2D eigenvalue weighted by atomic mass is 16.5. The van der Waals surface area contributed by atoms with Crippen LogP contribution < -0.4 is 10.6 Å². The number of nitrogens with zero attached hydrogens (tertiary/aromatic N) is 2. The van der Waals surface area contributed by atoms with Gasteiger partial charge in [0, 0.05) is 42.9 Å². The minimum absolute atomic E-state index is 0.000689. The van der Waals surface area contributed by atoms with Gasteiger partial charge in [0.1, 0.15) is 11.4 Å². The van der Waals surface area contributed by atoms with Gasteiger partial charge in [-0.3, -0.25) is 9.89 Å². The van der Waals surface area contributed by atoms with Gasteiger partial charge in [-0.2, -0.15) is 5.10 Å². The summed E-state index contributed by atoms with van der Waals surface area (Å²) in [5.74, 6) is 1.26. The zero-order valence-corrected chi connectivity index (χ0v) is 18.3. The Kier molecular flexibility index (Phi) is 4.96. The zero-order chi connectivity index (χ0) is 21.6. The van der Waals surface area contributed by atoms with E-state index in [1.54, 1.807) is 13.1 Å². The molecule has 2 aromatic rings. The van der Waals surface area contributed by atoms with E-state index in [1.807, 2.05) is 42.2 Å². The van der Waals surface area contributed by atoms with E-state index < -0.39 is 0 Å². The number of hydrogen-bond acceptors (Lipinski definition) is 4. The molecule has 0 spiro atoms. The first kappa shape index (κ1) is 20.3. The number of benzene rings is 1. The van der Waals surface area contributed by atoms with Gasteiger partial charge in [-0.15, -0.1) is 0 Å². The molecule has 4 rings (SSSR count). The van der Waals surface area contributed by atoms with Crippen molar-refractivity contribution >= 4 is 11.6 Å². The first-order chi connectivity index (χ1) is 14.2. The molecular weight excluding hydrogens is 376 g/mol. The van der Waals surface area contributed by atoms with Crippen LogP contribution in [0.15, 0.2) is 59.1 Å². The van der Waals surface area contributed by atoms with E-state index >= 15 is 0 Å². The Balaban J connectivity index is 1.64. The number of carbonyl (C=O) groups is 1. The summed E-state index contributed by atoms with van der Waals surface area (Å²) in [6.45, 7) is 10.5. The van der Waals surface area contributed by atoms with Crippen LogP contribution in [0.5, 0.6) is 0 Å². The average molecular weight is 407 g/mol. The van der Waals surface area contributed by atoms with E-state index in [0.717, 1.165) is 46.0 Å². The number of aromatic amines is 1. The van der Waals surface area contributed by atoms with Gasteiger partial charge in [-0.05, 0) is 69.0 Å². The Labute approximate surface area is 177 Å². The predicted molar refractivity (Wildman–Crippen MR) is 118 cm³/mol. The van der Waals surface area contributed by atoms with E-state index in [-0.39, 0.29) is 23.3 Å². The lowest BCUT2D eigenvalue weighted by atomic mass is 9.76. The average Bonchev–Trinajstić information content (AvgIpc) is 3.34. The highest BCUT2D eigenvalue weighted by Crippen LogP contribution is 2.49. The molecule has 1 aromatic heterocycles. The Morgan fingerprint density at radius 1 is 1.23 bits per heavy atom. The van der Waals surface area contributed by atoms with E-state index in [1.165, 1.54) is 0 Å². The monoisotopic (exact) mass is 406 g/mol. The van der Waals surface area contributed by atoms with Crippen LogP contribution in [-0.4, -0.2) is 28.3 Å². The molecule has 2 aliphatic rings. The summed E-state index contributed by atoms with van der Waals surface area (Å²) < 4.78 is 6.30. The zero-order valence-electron chi connectivity index (χ0n) is 18.3. The van der Waals surface area contributed by atoms with Crippen molar-refractivity contribution in [1.29, 1.82) is 0 Å². The quantitative estimate of drug-likeness (QED) is 0.789. The highest BCUT2D eigenvalue weighted by molar-refractivity contribution is 5.91. The van der Waals surface area contributed by atoms with Gasteiger partial charge in [0.05, 0.1) is 5.69 Å². The molecule has 0 saturated carbocycles. The van der Waals surface area contributed by atoms with Crippen molar-refractivity contribution in [3.63, 3.8) is 0 Å². The molecule has 1 amide bonds. The smallest absolute Gasteiger partial charge is 0.223 e. The fraction of sp³-hybridized carbons (Fsp3) is 0.417. The molecule has 6 heteroatoms. The van der Waals surface area contributed by atoms with Crippen molar-refractivity contribution in [3.8, 4) is 11.3 Å². The third-order valence-electron chi connectivity index (χ3n) is 6.43. The van der Waals surface area contributed by atoms with E-state index in [2.05, 4.69) is 31.0 Å². The standard InChI is InChI=1S/C24H30N4O2/c1-14-15(2)23-19(12-24(4,5)30-23)20(22(14)25)13-28(16(3)29)18-8-6-17(7-9-18)21-10-11-26-27-21/h6-11,19-20H,12-13,25H2,1-5H3,(H,26,27). The van der Waals surface area contributed by atoms with Gasteiger partial charge in [-0.25, -0.2) is 0 Å². The maximum atomic E-state index is 12.6. The van der Waals surface area contributed by atoms with Crippen molar-refractivity contribution in [2.24, 2.45) is 17.6 Å². The number of aromatic nitrogens is 2. The molecular formula is C24H30N4O2. The van der Waals surface area contributed by atoms with Crippen LogP contribution in [0.3, 0.4) is 0 Å². The van der Waals surface area contributed by atoms with Gasteiger partial charge < -0.3 is 15.4 Å². The molecule has 2 atom stereocenters. The number of allylic oxidation sites excluding steroid dienone is 3. The van der Waals surface area contributed by atoms with Crippen LogP contribution in [-0.2, 0) is 9.53 Å².